The van der Waals surface area contributed by atoms with Crippen molar-refractivity contribution in [2.24, 2.45) is 0 Å². The van der Waals surface area contributed by atoms with E-state index in [1.54, 1.807) is 18.2 Å². The van der Waals surface area contributed by atoms with Gasteiger partial charge in [-0.05, 0) is 50.0 Å². The summed E-state index contributed by atoms with van der Waals surface area (Å²) >= 11 is 0. The second-order valence-corrected chi connectivity index (χ2v) is 4.32. The molecule has 90 valence electrons. The van der Waals surface area contributed by atoms with Gasteiger partial charge in [0.15, 0.2) is 0 Å². The first kappa shape index (κ1) is 11.7. The van der Waals surface area contributed by atoms with E-state index < -0.39 is 5.97 Å². The van der Waals surface area contributed by atoms with Crippen LogP contribution in [0.4, 0.5) is 0 Å². The smallest absolute Gasteiger partial charge is 0.339 e. The highest BCUT2D eigenvalue weighted by molar-refractivity contribution is 5.91. The van der Waals surface area contributed by atoms with Crippen molar-refractivity contribution < 1.29 is 14.6 Å². The SMILES string of the molecule is Cc1ccc(C(=O)O)c(OC2C=CCCC2)c1. The maximum atomic E-state index is 11.1. The third kappa shape index (κ3) is 2.87. The number of benzene rings is 1. The molecule has 1 N–H and O–H groups in total. The molecule has 3 nitrogen and oxygen atoms in total. The molecule has 0 bridgehead atoms. The van der Waals surface area contributed by atoms with E-state index in [0.717, 1.165) is 24.8 Å². The first-order valence-corrected chi connectivity index (χ1v) is 5.84. The van der Waals surface area contributed by atoms with Crippen molar-refractivity contribution >= 4 is 5.97 Å². The van der Waals surface area contributed by atoms with Gasteiger partial charge in [0.2, 0.25) is 0 Å². The Morgan fingerprint density at radius 3 is 2.94 bits per heavy atom. The maximum absolute atomic E-state index is 11.1. The lowest BCUT2D eigenvalue weighted by molar-refractivity contribution is 0.0690. The predicted octanol–water partition coefficient (Wildman–Crippen LogP) is 3.18. The molecule has 1 atom stereocenters. The van der Waals surface area contributed by atoms with Crippen LogP contribution in [-0.4, -0.2) is 17.2 Å². The Morgan fingerprint density at radius 2 is 2.29 bits per heavy atom. The molecule has 17 heavy (non-hydrogen) atoms. The molecule has 0 saturated heterocycles. The fourth-order valence-electron chi connectivity index (χ4n) is 1.95. The molecule has 0 fully saturated rings. The zero-order valence-corrected chi connectivity index (χ0v) is 9.85. The fourth-order valence-corrected chi connectivity index (χ4v) is 1.95. The summed E-state index contributed by atoms with van der Waals surface area (Å²) in [6.07, 6.45) is 7.23. The Balaban J connectivity index is 2.23. The van der Waals surface area contributed by atoms with Crippen LogP contribution in [0.15, 0.2) is 30.4 Å². The van der Waals surface area contributed by atoms with Gasteiger partial charge in [0.25, 0.3) is 0 Å². The number of carboxylic acid groups (broad SMARTS) is 1. The van der Waals surface area contributed by atoms with Gasteiger partial charge in [-0.25, -0.2) is 4.79 Å². The Morgan fingerprint density at radius 1 is 1.47 bits per heavy atom. The molecule has 2 rings (SSSR count). The van der Waals surface area contributed by atoms with E-state index >= 15 is 0 Å². The summed E-state index contributed by atoms with van der Waals surface area (Å²) in [7, 11) is 0. The van der Waals surface area contributed by atoms with E-state index in [-0.39, 0.29) is 11.7 Å². The van der Waals surface area contributed by atoms with Crippen LogP contribution in [0.1, 0.15) is 35.2 Å². The van der Waals surface area contributed by atoms with Gasteiger partial charge in [-0.15, -0.1) is 0 Å². The van der Waals surface area contributed by atoms with Crippen molar-refractivity contribution in [3.8, 4) is 5.75 Å². The number of ether oxygens (including phenoxy) is 1. The Labute approximate surface area is 101 Å². The number of carboxylic acids is 1. The average Bonchev–Trinajstić information content (AvgIpc) is 2.30. The lowest BCUT2D eigenvalue weighted by Crippen LogP contribution is -2.17. The third-order valence-electron chi connectivity index (χ3n) is 2.86. The van der Waals surface area contributed by atoms with Crippen molar-refractivity contribution in [1.29, 1.82) is 0 Å². The largest absolute Gasteiger partial charge is 0.485 e. The monoisotopic (exact) mass is 232 g/mol. The molecule has 0 heterocycles. The van der Waals surface area contributed by atoms with Gasteiger partial charge in [-0.1, -0.05) is 12.1 Å². The molecule has 0 aromatic heterocycles. The Kier molecular flexibility index (Phi) is 3.47. The van der Waals surface area contributed by atoms with Crippen molar-refractivity contribution in [3.63, 3.8) is 0 Å². The Hall–Kier alpha value is -1.77. The zero-order valence-electron chi connectivity index (χ0n) is 9.85. The summed E-state index contributed by atoms with van der Waals surface area (Å²) in [5, 5.41) is 9.09. The van der Waals surface area contributed by atoms with Gasteiger partial charge in [-0.3, -0.25) is 0 Å². The van der Waals surface area contributed by atoms with Crippen LogP contribution in [-0.2, 0) is 0 Å². The van der Waals surface area contributed by atoms with Crippen LogP contribution in [0.25, 0.3) is 0 Å². The van der Waals surface area contributed by atoms with Gasteiger partial charge in [0, 0.05) is 0 Å². The molecular formula is C14H16O3. The first-order valence-electron chi connectivity index (χ1n) is 5.84. The second-order valence-electron chi connectivity index (χ2n) is 4.32. The highest BCUT2D eigenvalue weighted by Crippen LogP contribution is 2.24. The molecule has 0 aliphatic heterocycles. The number of rotatable bonds is 3. The van der Waals surface area contributed by atoms with E-state index in [9.17, 15) is 4.79 Å². The molecule has 3 heteroatoms. The maximum Gasteiger partial charge on any atom is 0.339 e. The quantitative estimate of drug-likeness (QED) is 0.814. The summed E-state index contributed by atoms with van der Waals surface area (Å²) in [6, 6.07) is 5.17. The second kappa shape index (κ2) is 5.04. The zero-order chi connectivity index (χ0) is 12.3. The third-order valence-corrected chi connectivity index (χ3v) is 2.86. The van der Waals surface area contributed by atoms with Crippen molar-refractivity contribution in [1.82, 2.24) is 0 Å². The number of carbonyl (C=O) groups is 1. The molecule has 1 aromatic rings. The molecule has 1 aliphatic carbocycles. The van der Waals surface area contributed by atoms with E-state index in [2.05, 4.69) is 6.08 Å². The normalized spacial score (nSPS) is 19.0. The summed E-state index contributed by atoms with van der Waals surface area (Å²) in [4.78, 5) is 11.1. The standard InChI is InChI=1S/C14H16O3/c1-10-7-8-12(14(15)16)13(9-10)17-11-5-3-2-4-6-11/h3,5,7-9,11H,2,4,6H2,1H3,(H,15,16). The van der Waals surface area contributed by atoms with Gasteiger partial charge in [0.1, 0.15) is 17.4 Å². The van der Waals surface area contributed by atoms with Gasteiger partial charge in [-0.2, -0.15) is 0 Å². The van der Waals surface area contributed by atoms with E-state index in [0.29, 0.717) is 5.75 Å². The minimum absolute atomic E-state index is 0.00338. The van der Waals surface area contributed by atoms with Gasteiger partial charge in [0.05, 0.1) is 0 Å². The summed E-state index contributed by atoms with van der Waals surface area (Å²) in [5.74, 6) is -0.478. The number of aromatic carboxylic acids is 1. The number of allylic oxidation sites excluding steroid dienone is 1. The van der Waals surface area contributed by atoms with E-state index in [1.807, 2.05) is 13.0 Å². The molecule has 0 radical (unpaired) electrons. The summed E-state index contributed by atoms with van der Waals surface area (Å²) in [6.45, 7) is 1.93. The summed E-state index contributed by atoms with van der Waals surface area (Å²) in [5.41, 5.74) is 1.24. The molecule has 1 aliphatic rings. The number of hydrogen-bond donors (Lipinski definition) is 1. The van der Waals surface area contributed by atoms with Crippen molar-refractivity contribution in [2.75, 3.05) is 0 Å². The minimum atomic E-state index is -0.945. The average molecular weight is 232 g/mol. The van der Waals surface area contributed by atoms with E-state index in [4.69, 9.17) is 9.84 Å². The molecule has 0 saturated carbocycles. The van der Waals surface area contributed by atoms with Gasteiger partial charge < -0.3 is 9.84 Å². The lowest BCUT2D eigenvalue weighted by Gasteiger charge is -2.19. The van der Waals surface area contributed by atoms with Crippen molar-refractivity contribution in [2.45, 2.75) is 32.3 Å². The molecule has 0 amide bonds. The number of hydrogen-bond acceptors (Lipinski definition) is 2. The molecule has 1 aromatic carbocycles. The molecule has 0 spiro atoms. The lowest BCUT2D eigenvalue weighted by atomic mass is 10.0. The number of aryl methyl sites for hydroxylation is 1. The van der Waals surface area contributed by atoms with Crippen molar-refractivity contribution in [3.05, 3.63) is 41.5 Å². The van der Waals surface area contributed by atoms with Crippen LogP contribution in [0, 0.1) is 6.92 Å². The van der Waals surface area contributed by atoms with Crippen LogP contribution >= 0.6 is 0 Å². The minimum Gasteiger partial charge on any atom is -0.485 e. The fraction of sp³-hybridized carbons (Fsp3) is 0.357. The first-order chi connectivity index (χ1) is 8.16. The molecule has 1 unspecified atom stereocenters. The highest BCUT2D eigenvalue weighted by atomic mass is 16.5. The van der Waals surface area contributed by atoms with Crippen LogP contribution in [0.5, 0.6) is 5.75 Å². The highest BCUT2D eigenvalue weighted by Gasteiger charge is 2.16. The Bertz CT molecular complexity index is 449. The van der Waals surface area contributed by atoms with E-state index in [1.165, 1.54) is 0 Å². The summed E-state index contributed by atoms with van der Waals surface area (Å²) < 4.78 is 5.76. The molecular weight excluding hydrogens is 216 g/mol. The predicted molar refractivity (Wildman–Crippen MR) is 65.5 cm³/mol. The topological polar surface area (TPSA) is 46.5 Å². The van der Waals surface area contributed by atoms with Crippen LogP contribution in [0.3, 0.4) is 0 Å². The van der Waals surface area contributed by atoms with Crippen LogP contribution < -0.4 is 4.74 Å². The van der Waals surface area contributed by atoms with Gasteiger partial charge >= 0.3 is 5.97 Å². The van der Waals surface area contributed by atoms with Crippen LogP contribution in [0.2, 0.25) is 0 Å².